The first-order chi connectivity index (χ1) is 52.9. The first-order valence-corrected chi connectivity index (χ1v) is 37.0. The van der Waals surface area contributed by atoms with Crippen LogP contribution in [0, 0.1) is 34.5 Å². The highest BCUT2D eigenvalue weighted by Gasteiger charge is 2.57. The van der Waals surface area contributed by atoms with E-state index in [0.29, 0.717) is 34.7 Å². The highest BCUT2D eigenvalue weighted by atomic mass is 16.5. The van der Waals surface area contributed by atoms with E-state index in [-0.39, 0.29) is 58.8 Å². The van der Waals surface area contributed by atoms with E-state index in [1.807, 2.05) is 210 Å². The van der Waals surface area contributed by atoms with Crippen LogP contribution < -0.4 is 26.7 Å². The third-order valence-corrected chi connectivity index (χ3v) is 22.4. The lowest BCUT2D eigenvalue weighted by Crippen LogP contribution is -2.52. The summed E-state index contributed by atoms with van der Waals surface area (Å²) in [6.07, 6.45) is 19.3. The second kappa shape index (κ2) is 28.6. The molecule has 548 valence electrons. The number of aromatic nitrogens is 9. The quantitative estimate of drug-likeness (QED) is 0.0582. The monoisotopic (exact) mass is 1450 g/mol. The van der Waals surface area contributed by atoms with Gasteiger partial charge >= 0.3 is 0 Å². The van der Waals surface area contributed by atoms with Crippen LogP contribution in [0.4, 0.5) is 17.5 Å². The van der Waals surface area contributed by atoms with Gasteiger partial charge < -0.3 is 46.5 Å². The highest BCUT2D eigenvalue weighted by molar-refractivity contribution is 5.95. The van der Waals surface area contributed by atoms with E-state index in [1.165, 1.54) is 6.08 Å². The standard InChI is InChI=1S/C32H34N6O2.C28H25N5O2.C27H25N5O2/c1-5-9-26(39)38-24-18-25(37(19-24)20(2)3)28(38)31-35-27(29-30(33)34-16-17-36(29)31)21-12-14-23(15-13-21)32(4,40)22-10-7-6-8-11-22;1-2-6-23(34)33-18-28(13-14-28)17-22(33)27-31-24(25-26(29)30-15-16-32(25)27)19-9-11-21(12-10-19)35-20-7-4-3-5-8-20;1-2-22(33)32-17-27(12-13-27)16-21(32)26-30-23(24-25(28)29-14-15-31(24)26)18-8-10-20(11-9-18)34-19-6-4-3-5-7-19/h6-8,10-17,20,24-25,28,40H,18-19H2,1-4H3,(H2,33,34);3-5,7-12,15-16,22H,13-14,17-18H2,1H3,(H2,29,30);2-11,14-15,21H,1,12-13,16-17H2,(H2,28,29)/t24-,25-,28?,32?;;/m0../s1. The zero-order chi connectivity index (χ0) is 75.5. The second-order valence-electron chi connectivity index (χ2n) is 29.6. The molecular weight excluding hydrogens is 1370 g/mol. The molecule has 6 aliphatic rings. The summed E-state index contributed by atoms with van der Waals surface area (Å²) in [7, 11) is 0. The molecule has 109 heavy (non-hydrogen) atoms. The van der Waals surface area contributed by atoms with Crippen LogP contribution in [0.3, 0.4) is 0 Å². The minimum atomic E-state index is -1.15. The van der Waals surface area contributed by atoms with Crippen LogP contribution in [0.25, 0.3) is 50.3 Å². The summed E-state index contributed by atoms with van der Waals surface area (Å²) in [5, 5.41) is 11.3. The van der Waals surface area contributed by atoms with Crippen molar-refractivity contribution in [2.24, 2.45) is 10.8 Å². The number of piperazine rings is 1. The first-order valence-electron chi connectivity index (χ1n) is 37.0. The Balaban J connectivity index is 0.000000125. The fourth-order valence-corrected chi connectivity index (χ4v) is 16.6. The number of amides is 3. The van der Waals surface area contributed by atoms with Crippen molar-refractivity contribution in [1.82, 2.24) is 62.7 Å². The molecule has 12 aromatic rings. The van der Waals surface area contributed by atoms with Gasteiger partial charge in [-0.25, -0.2) is 29.9 Å². The maximum absolute atomic E-state index is 13.3. The molecule has 2 spiro atoms. The molecule has 0 radical (unpaired) electrons. The molecule has 3 amide bonds. The molecule has 22 heteroatoms. The Labute approximate surface area is 631 Å². The lowest BCUT2D eigenvalue weighted by Gasteiger charge is -2.41. The van der Waals surface area contributed by atoms with Gasteiger partial charge in [0.15, 0.2) is 0 Å². The molecule has 6 aromatic carbocycles. The Morgan fingerprint density at radius 2 is 0.945 bits per heavy atom. The van der Waals surface area contributed by atoms with Crippen molar-refractivity contribution in [2.45, 2.75) is 121 Å². The number of ether oxygens (including phenoxy) is 2. The maximum Gasteiger partial charge on any atom is 0.299 e. The number of nitrogen functional groups attached to an aromatic ring is 3. The Bertz CT molecular complexity index is 5600. The average Bonchev–Trinajstić information content (AvgIpc) is 1.60. The number of hydrogen-bond donors (Lipinski definition) is 4. The molecule has 6 fully saturated rings. The van der Waals surface area contributed by atoms with Gasteiger partial charge in [-0.2, -0.15) is 0 Å². The van der Waals surface area contributed by atoms with E-state index in [2.05, 4.69) is 64.0 Å². The smallest absolute Gasteiger partial charge is 0.299 e. The summed E-state index contributed by atoms with van der Waals surface area (Å²) in [6, 6.07) is 52.2. The first kappa shape index (κ1) is 70.7. The Hall–Kier alpha value is -12.6. The molecule has 18 rings (SSSR count). The van der Waals surface area contributed by atoms with Gasteiger partial charge in [0.2, 0.25) is 5.91 Å². The number of nitrogens with two attached hydrogens (primary N) is 3. The van der Waals surface area contributed by atoms with Crippen molar-refractivity contribution in [2.75, 3.05) is 36.8 Å². The molecule has 2 aliphatic carbocycles. The normalized spacial score (nSPS) is 19.5. The molecule has 4 saturated heterocycles. The zero-order valence-corrected chi connectivity index (χ0v) is 61.4. The van der Waals surface area contributed by atoms with Crippen LogP contribution >= 0.6 is 0 Å². The van der Waals surface area contributed by atoms with E-state index in [9.17, 15) is 19.5 Å². The largest absolute Gasteiger partial charge is 0.457 e. The number of anilines is 3. The van der Waals surface area contributed by atoms with Crippen molar-refractivity contribution in [3.8, 4) is 80.5 Å². The summed E-state index contributed by atoms with van der Waals surface area (Å²) >= 11 is 0. The molecule has 2 bridgehead atoms. The van der Waals surface area contributed by atoms with Crippen LogP contribution in [0.15, 0.2) is 214 Å². The Morgan fingerprint density at radius 3 is 1.39 bits per heavy atom. The van der Waals surface area contributed by atoms with Crippen LogP contribution in [-0.2, 0) is 20.0 Å². The number of fused-ring (bicyclic) bond motifs is 5. The number of likely N-dealkylation sites (tertiary alicyclic amines) is 4. The van der Waals surface area contributed by atoms with E-state index in [0.717, 1.165) is 155 Å². The third kappa shape index (κ3) is 13.4. The van der Waals surface area contributed by atoms with E-state index < -0.39 is 5.60 Å². The number of carbonyl (C=O) groups is 3. The van der Waals surface area contributed by atoms with Crippen LogP contribution in [-0.4, -0.2) is 123 Å². The third-order valence-electron chi connectivity index (χ3n) is 22.4. The fourth-order valence-electron chi connectivity index (χ4n) is 16.6. The number of rotatable bonds is 14. The second-order valence-corrected chi connectivity index (χ2v) is 29.6. The van der Waals surface area contributed by atoms with Crippen LogP contribution in [0.5, 0.6) is 23.0 Å². The molecule has 10 heterocycles. The summed E-state index contributed by atoms with van der Waals surface area (Å²) in [5.41, 5.74) is 27.0. The minimum absolute atomic E-state index is 0.0588. The zero-order valence-electron chi connectivity index (χ0n) is 61.4. The Morgan fingerprint density at radius 1 is 0.550 bits per heavy atom. The molecule has 2 saturated carbocycles. The van der Waals surface area contributed by atoms with Crippen LogP contribution in [0.1, 0.15) is 126 Å². The summed E-state index contributed by atoms with van der Waals surface area (Å²) < 4.78 is 17.8. The van der Waals surface area contributed by atoms with E-state index in [4.69, 9.17) is 41.6 Å². The fraction of sp³-hybridized carbons (Fsp3) is 0.276. The lowest BCUT2D eigenvalue weighted by molar-refractivity contribution is -0.131. The molecule has 4 unspecified atom stereocenters. The number of benzene rings is 6. The maximum atomic E-state index is 13.3. The van der Waals surface area contributed by atoms with Crippen molar-refractivity contribution in [3.05, 3.63) is 242 Å². The number of hydrogen-bond acceptors (Lipinski definition) is 16. The van der Waals surface area contributed by atoms with Gasteiger partial charge in [-0.1, -0.05) is 109 Å². The summed E-state index contributed by atoms with van der Waals surface area (Å²) in [6.45, 7) is 15.6. The predicted molar refractivity (Wildman–Crippen MR) is 419 cm³/mol. The average molecular weight is 1450 g/mol. The molecule has 4 aliphatic heterocycles. The van der Waals surface area contributed by atoms with E-state index >= 15 is 0 Å². The molecule has 22 nitrogen and oxygen atoms in total. The Kier molecular flexibility index (Phi) is 18.5. The number of carbonyl (C=O) groups excluding carboxylic acids is 3. The number of aliphatic hydroxyl groups is 1. The van der Waals surface area contributed by atoms with Crippen molar-refractivity contribution >= 4 is 51.7 Å². The van der Waals surface area contributed by atoms with Crippen molar-refractivity contribution in [1.29, 1.82) is 0 Å². The minimum Gasteiger partial charge on any atom is -0.457 e. The predicted octanol–water partition coefficient (Wildman–Crippen LogP) is 13.9. The van der Waals surface area contributed by atoms with Gasteiger partial charge in [-0.05, 0) is 192 Å². The van der Waals surface area contributed by atoms with Gasteiger partial charge in [0.1, 0.15) is 103 Å². The number of nitrogens with zero attached hydrogens (tertiary/aromatic N) is 13. The topological polar surface area (TPSA) is 271 Å². The lowest BCUT2D eigenvalue weighted by atomic mass is 9.87. The van der Waals surface area contributed by atoms with Gasteiger partial charge in [0, 0.05) is 91.6 Å². The molecule has 6 atom stereocenters. The van der Waals surface area contributed by atoms with Gasteiger partial charge in [-0.3, -0.25) is 32.5 Å². The summed E-state index contributed by atoms with van der Waals surface area (Å²) in [5.74, 6) is 17.2. The number of para-hydroxylation sites is 2. The van der Waals surface area contributed by atoms with E-state index in [1.54, 1.807) is 39.4 Å². The van der Waals surface area contributed by atoms with Gasteiger partial charge in [0.25, 0.3) is 11.8 Å². The van der Waals surface area contributed by atoms with Gasteiger partial charge in [-0.15, -0.1) is 0 Å². The van der Waals surface area contributed by atoms with Crippen molar-refractivity contribution in [3.63, 3.8) is 0 Å². The molecule has 7 N–H and O–H groups in total. The SMILES string of the molecule is C=CC(=O)N1CC2(CC2)CC1c1nc(-c2ccc(Oc3ccccc3)cc2)c2c(N)nccn12.CC#CC(=O)N1C(c2nc(-c3ccc(C(C)(O)c4ccccc4)cc3)c3c(N)nccn23)[C@@H]2C[C@H]1CN2C(C)C.CC#CC(=O)N1CC2(CC2)CC1c1nc(-c2ccc(Oc3ccccc3)cc2)c2c(N)nccn12. The highest BCUT2D eigenvalue weighted by Crippen LogP contribution is 2.60. The summed E-state index contributed by atoms with van der Waals surface area (Å²) in [4.78, 5) is 75.3. The number of imidazole rings is 3. The van der Waals surface area contributed by atoms with Crippen LogP contribution in [0.2, 0.25) is 0 Å². The molecular formula is C87H84N16O6. The van der Waals surface area contributed by atoms with Gasteiger partial charge in [0.05, 0.1) is 12.1 Å². The van der Waals surface area contributed by atoms with Crippen molar-refractivity contribution < 1.29 is 29.0 Å². The molecule has 6 aromatic heterocycles.